The first kappa shape index (κ1) is 8.74. The number of hydrogen-bond acceptors (Lipinski definition) is 4. The fourth-order valence-electron chi connectivity index (χ4n) is 1.33. The number of methoxy groups -OCH3 is 2. The number of ether oxygens (including phenoxy) is 2. The van der Waals surface area contributed by atoms with Gasteiger partial charge in [0.05, 0.1) is 14.2 Å². The summed E-state index contributed by atoms with van der Waals surface area (Å²) in [6.07, 6.45) is 3.34. The van der Waals surface area contributed by atoms with E-state index in [-0.39, 0.29) is 0 Å². The van der Waals surface area contributed by atoms with Crippen LogP contribution in [0.3, 0.4) is 0 Å². The second-order valence-electron chi connectivity index (χ2n) is 2.72. The van der Waals surface area contributed by atoms with Crippen LogP contribution in [-0.4, -0.2) is 24.2 Å². The van der Waals surface area contributed by atoms with E-state index in [0.29, 0.717) is 22.5 Å². The molecule has 2 heterocycles. The van der Waals surface area contributed by atoms with Gasteiger partial charge in [-0.2, -0.15) is 0 Å². The molecule has 0 saturated heterocycles. The molecule has 2 rings (SSSR count). The lowest BCUT2D eigenvalue weighted by Crippen LogP contribution is -1.92. The fourth-order valence-corrected chi connectivity index (χ4v) is 1.33. The minimum atomic E-state index is 0.703. The summed E-state index contributed by atoms with van der Waals surface area (Å²) in [6.45, 7) is 0. The van der Waals surface area contributed by atoms with E-state index in [2.05, 4.69) is 9.97 Å². The normalized spacial score (nSPS) is 10.1. The molecule has 0 aliphatic heterocycles. The van der Waals surface area contributed by atoms with Crippen molar-refractivity contribution in [2.75, 3.05) is 14.2 Å². The number of hydrogen-bond donors (Lipinski definition) is 0. The number of aromatic nitrogens is 2. The molecule has 0 atom stereocenters. The van der Waals surface area contributed by atoms with Gasteiger partial charge in [-0.05, 0) is 0 Å². The maximum Gasteiger partial charge on any atom is 0.148 e. The summed E-state index contributed by atoms with van der Waals surface area (Å²) >= 11 is 0. The molecule has 0 radical (unpaired) electrons. The summed E-state index contributed by atoms with van der Waals surface area (Å²) in [5.74, 6) is 1.41. The van der Waals surface area contributed by atoms with Crippen molar-refractivity contribution in [2.24, 2.45) is 0 Å². The van der Waals surface area contributed by atoms with Crippen LogP contribution in [0.2, 0.25) is 0 Å². The van der Waals surface area contributed by atoms with Crippen LogP contribution in [-0.2, 0) is 0 Å². The molecule has 0 unspecified atom stereocenters. The van der Waals surface area contributed by atoms with E-state index in [1.54, 1.807) is 38.7 Å². The highest BCUT2D eigenvalue weighted by Gasteiger charge is 2.07. The zero-order valence-corrected chi connectivity index (χ0v) is 8.02. The lowest BCUT2D eigenvalue weighted by molar-refractivity contribution is 0.413. The molecule has 2 aromatic rings. The van der Waals surface area contributed by atoms with Gasteiger partial charge in [-0.25, -0.2) is 0 Å². The predicted octanol–water partition coefficient (Wildman–Crippen LogP) is 1.65. The molecule has 0 amide bonds. The lowest BCUT2D eigenvalue weighted by atomic mass is 10.3. The highest BCUT2D eigenvalue weighted by atomic mass is 16.5. The molecule has 72 valence electrons. The smallest absolute Gasteiger partial charge is 0.148 e. The predicted molar refractivity (Wildman–Crippen MR) is 52.6 cm³/mol. The average Bonchev–Trinajstić information content (AvgIpc) is 2.27. The van der Waals surface area contributed by atoms with Crippen molar-refractivity contribution in [2.45, 2.75) is 0 Å². The molecule has 0 bridgehead atoms. The molecule has 2 aromatic heterocycles. The van der Waals surface area contributed by atoms with Crippen LogP contribution in [0.4, 0.5) is 0 Å². The van der Waals surface area contributed by atoms with E-state index in [0.717, 1.165) is 0 Å². The minimum Gasteiger partial charge on any atom is -0.494 e. The highest BCUT2D eigenvalue weighted by Crippen LogP contribution is 2.27. The zero-order chi connectivity index (χ0) is 9.97. The Labute approximate surface area is 81.5 Å². The summed E-state index contributed by atoms with van der Waals surface area (Å²) in [7, 11) is 3.21. The molecule has 0 aliphatic carbocycles. The van der Waals surface area contributed by atoms with Crippen LogP contribution in [0.5, 0.6) is 11.5 Å². The second-order valence-corrected chi connectivity index (χ2v) is 2.72. The summed E-state index contributed by atoms with van der Waals surface area (Å²) in [5, 5.41) is 0. The van der Waals surface area contributed by atoms with Gasteiger partial charge in [-0.15, -0.1) is 0 Å². The van der Waals surface area contributed by atoms with Crippen molar-refractivity contribution in [1.29, 1.82) is 0 Å². The molecule has 0 spiro atoms. The van der Waals surface area contributed by atoms with Crippen molar-refractivity contribution < 1.29 is 9.47 Å². The molecular weight excluding hydrogens is 180 g/mol. The lowest BCUT2D eigenvalue weighted by Gasteiger charge is -2.06. The summed E-state index contributed by atoms with van der Waals surface area (Å²) < 4.78 is 10.3. The molecule has 0 N–H and O–H groups in total. The molecule has 4 nitrogen and oxygen atoms in total. The van der Waals surface area contributed by atoms with Crippen molar-refractivity contribution >= 4 is 11.0 Å². The maximum atomic E-state index is 5.17. The van der Waals surface area contributed by atoms with E-state index in [1.807, 2.05) is 0 Å². The van der Waals surface area contributed by atoms with Gasteiger partial charge in [0.15, 0.2) is 0 Å². The van der Waals surface area contributed by atoms with Crippen LogP contribution in [0, 0.1) is 0 Å². The van der Waals surface area contributed by atoms with Crippen LogP contribution in [0.1, 0.15) is 0 Å². The van der Waals surface area contributed by atoms with Gasteiger partial charge in [0.2, 0.25) is 0 Å². The van der Waals surface area contributed by atoms with E-state index < -0.39 is 0 Å². The standard InChI is InChI=1S/C10H10N2O2/c1-13-7-3-5-12-10-8(14-2)4-6-11-9(7)10/h3-6H,1-2H3. The van der Waals surface area contributed by atoms with Crippen molar-refractivity contribution in [3.05, 3.63) is 24.5 Å². The van der Waals surface area contributed by atoms with Crippen molar-refractivity contribution in [3.8, 4) is 11.5 Å². The molecule has 0 aromatic carbocycles. The van der Waals surface area contributed by atoms with Crippen molar-refractivity contribution in [1.82, 2.24) is 9.97 Å². The van der Waals surface area contributed by atoms with E-state index >= 15 is 0 Å². The largest absolute Gasteiger partial charge is 0.494 e. The molecule has 0 fully saturated rings. The van der Waals surface area contributed by atoms with E-state index in [9.17, 15) is 0 Å². The van der Waals surface area contributed by atoms with Gasteiger partial charge < -0.3 is 9.47 Å². The summed E-state index contributed by atoms with van der Waals surface area (Å²) in [6, 6.07) is 3.55. The van der Waals surface area contributed by atoms with Crippen LogP contribution >= 0.6 is 0 Å². The van der Waals surface area contributed by atoms with Crippen LogP contribution in [0.15, 0.2) is 24.5 Å². The van der Waals surface area contributed by atoms with Gasteiger partial charge in [-0.3, -0.25) is 9.97 Å². The maximum absolute atomic E-state index is 5.17. The first-order valence-electron chi connectivity index (χ1n) is 4.18. The number of rotatable bonds is 2. The highest BCUT2D eigenvalue weighted by molar-refractivity contribution is 5.85. The molecule has 14 heavy (non-hydrogen) atoms. The Morgan fingerprint density at radius 2 is 1.29 bits per heavy atom. The first-order chi connectivity index (χ1) is 6.86. The number of pyridine rings is 2. The Morgan fingerprint density at radius 3 is 1.64 bits per heavy atom. The van der Waals surface area contributed by atoms with Gasteiger partial charge in [0.25, 0.3) is 0 Å². The summed E-state index contributed by atoms with van der Waals surface area (Å²) in [4.78, 5) is 8.39. The minimum absolute atomic E-state index is 0.703. The van der Waals surface area contributed by atoms with Gasteiger partial charge in [0, 0.05) is 24.5 Å². The quantitative estimate of drug-likeness (QED) is 0.722. The van der Waals surface area contributed by atoms with E-state index in [4.69, 9.17) is 9.47 Å². The summed E-state index contributed by atoms with van der Waals surface area (Å²) in [5.41, 5.74) is 1.43. The van der Waals surface area contributed by atoms with Gasteiger partial charge >= 0.3 is 0 Å². The third-order valence-electron chi connectivity index (χ3n) is 1.99. The SMILES string of the molecule is COc1ccnc2c(OC)ccnc12. The monoisotopic (exact) mass is 190 g/mol. The Kier molecular flexibility index (Phi) is 2.18. The average molecular weight is 190 g/mol. The van der Waals surface area contributed by atoms with Crippen molar-refractivity contribution in [3.63, 3.8) is 0 Å². The fraction of sp³-hybridized carbons (Fsp3) is 0.200. The third-order valence-corrected chi connectivity index (χ3v) is 1.99. The Hall–Kier alpha value is -1.84. The zero-order valence-electron chi connectivity index (χ0n) is 8.02. The second kappa shape index (κ2) is 3.49. The first-order valence-corrected chi connectivity index (χ1v) is 4.18. The Balaban J connectivity index is 2.77. The Morgan fingerprint density at radius 1 is 0.857 bits per heavy atom. The molecular formula is C10H10N2O2. The molecule has 0 saturated carbocycles. The number of nitrogens with zero attached hydrogens (tertiary/aromatic N) is 2. The van der Waals surface area contributed by atoms with Gasteiger partial charge in [0.1, 0.15) is 22.5 Å². The van der Waals surface area contributed by atoms with Crippen LogP contribution in [0.25, 0.3) is 11.0 Å². The third kappa shape index (κ3) is 1.25. The molecule has 0 aliphatic rings. The molecule has 4 heteroatoms. The van der Waals surface area contributed by atoms with Gasteiger partial charge in [-0.1, -0.05) is 0 Å². The van der Waals surface area contributed by atoms with Crippen LogP contribution < -0.4 is 9.47 Å². The number of fused-ring (bicyclic) bond motifs is 1. The topological polar surface area (TPSA) is 44.2 Å². The Bertz CT molecular complexity index is 414. The van der Waals surface area contributed by atoms with E-state index in [1.165, 1.54) is 0 Å².